The molecule has 0 fully saturated rings. The van der Waals surface area contributed by atoms with E-state index in [4.69, 9.17) is 46.4 Å². The second-order valence-electron chi connectivity index (χ2n) is 2.23. The minimum Gasteiger partial charge on any atom is -0.0664 e. The summed E-state index contributed by atoms with van der Waals surface area (Å²) in [5.41, 5.74) is 0. The van der Waals surface area contributed by atoms with Crippen LogP contribution in [0, 0.1) is 5.92 Å². The molecule has 0 rings (SSSR count). The van der Waals surface area contributed by atoms with Gasteiger partial charge in [-0.3, -0.25) is 0 Å². The molecule has 4 heteroatoms. The molecule has 0 aromatic rings. The second kappa shape index (κ2) is 6.84. The molecular formula is C6H12Cl4. The summed E-state index contributed by atoms with van der Waals surface area (Å²) < 4.78 is -1.61. The fourth-order valence-electron chi connectivity index (χ4n) is 0. The van der Waals surface area contributed by atoms with Gasteiger partial charge in [0.2, 0.25) is 0 Å². The topological polar surface area (TPSA) is 0 Å². The van der Waals surface area contributed by atoms with Crippen molar-refractivity contribution in [1.29, 1.82) is 0 Å². The van der Waals surface area contributed by atoms with Crippen molar-refractivity contribution in [3.8, 4) is 0 Å². The Morgan fingerprint density at radius 1 is 1.10 bits per heavy atom. The maximum Gasteiger partial charge on any atom is 0.266 e. The van der Waals surface area contributed by atoms with Gasteiger partial charge < -0.3 is 0 Å². The van der Waals surface area contributed by atoms with E-state index in [1.807, 2.05) is 0 Å². The van der Waals surface area contributed by atoms with Crippen molar-refractivity contribution >= 4 is 46.4 Å². The molecule has 0 aromatic carbocycles. The third kappa shape index (κ3) is 61.1. The van der Waals surface area contributed by atoms with Crippen LogP contribution >= 0.6 is 46.4 Å². The van der Waals surface area contributed by atoms with Gasteiger partial charge in [-0.2, -0.15) is 0 Å². The van der Waals surface area contributed by atoms with E-state index in [-0.39, 0.29) is 0 Å². The van der Waals surface area contributed by atoms with Crippen LogP contribution in [0.5, 0.6) is 0 Å². The van der Waals surface area contributed by atoms with Gasteiger partial charge in [-0.15, -0.1) is 0 Å². The van der Waals surface area contributed by atoms with Crippen molar-refractivity contribution < 1.29 is 0 Å². The van der Waals surface area contributed by atoms with Crippen LogP contribution < -0.4 is 0 Å². The molecule has 0 amide bonds. The van der Waals surface area contributed by atoms with Gasteiger partial charge in [-0.25, -0.2) is 0 Å². The molecular weight excluding hydrogens is 214 g/mol. The average molecular weight is 226 g/mol. The van der Waals surface area contributed by atoms with E-state index in [9.17, 15) is 0 Å². The Morgan fingerprint density at radius 2 is 1.20 bits per heavy atom. The van der Waals surface area contributed by atoms with Gasteiger partial charge in [-0.1, -0.05) is 73.6 Å². The number of alkyl halides is 4. The van der Waals surface area contributed by atoms with Crippen LogP contribution in [0.1, 0.15) is 27.2 Å². The van der Waals surface area contributed by atoms with Gasteiger partial charge >= 0.3 is 0 Å². The van der Waals surface area contributed by atoms with Crippen molar-refractivity contribution in [2.45, 2.75) is 30.4 Å². The molecule has 64 valence electrons. The molecule has 0 N–H and O–H groups in total. The molecule has 0 aliphatic carbocycles. The lowest BCUT2D eigenvalue weighted by Gasteiger charge is -1.91. The van der Waals surface area contributed by atoms with E-state index < -0.39 is 3.25 Å². The van der Waals surface area contributed by atoms with Crippen LogP contribution in [0.3, 0.4) is 0 Å². The molecule has 0 saturated carbocycles. The summed E-state index contributed by atoms with van der Waals surface area (Å²) in [5.74, 6) is 0.884. The first-order chi connectivity index (χ1) is 4.27. The first-order valence-corrected chi connectivity index (χ1v) is 4.54. The van der Waals surface area contributed by atoms with Crippen LogP contribution in [0.25, 0.3) is 0 Å². The lowest BCUT2D eigenvalue weighted by atomic mass is 10.2. The maximum atomic E-state index is 4.83. The molecule has 0 heterocycles. The molecule has 0 aromatic heterocycles. The highest BCUT2D eigenvalue weighted by molar-refractivity contribution is 6.83. The van der Waals surface area contributed by atoms with Crippen molar-refractivity contribution in [2.75, 3.05) is 0 Å². The van der Waals surface area contributed by atoms with Crippen LogP contribution in [-0.2, 0) is 0 Å². The summed E-state index contributed by atoms with van der Waals surface area (Å²) in [6.07, 6.45) is 1.31. The standard InChI is InChI=1S/C5H12.CCl4/c1-4-5(2)3;2-1(3,4)5/h5H,4H2,1-3H3;. The lowest BCUT2D eigenvalue weighted by molar-refractivity contribution is 0.626. The Morgan fingerprint density at radius 3 is 1.20 bits per heavy atom. The SMILES string of the molecule is CCC(C)C.ClC(Cl)(Cl)Cl. The third-order valence-electron chi connectivity index (χ3n) is 0.816. The highest BCUT2D eigenvalue weighted by Gasteiger charge is 2.11. The van der Waals surface area contributed by atoms with E-state index in [0.29, 0.717) is 0 Å². The second-order valence-corrected chi connectivity index (χ2v) is 5.66. The molecule has 0 aliphatic heterocycles. The quantitative estimate of drug-likeness (QED) is 0.572. The van der Waals surface area contributed by atoms with Crippen LogP contribution in [0.15, 0.2) is 0 Å². The highest BCUT2D eigenvalue weighted by Crippen LogP contribution is 2.29. The van der Waals surface area contributed by atoms with Gasteiger partial charge in [0.25, 0.3) is 3.25 Å². The molecule has 0 bridgehead atoms. The number of halogens is 4. The van der Waals surface area contributed by atoms with Gasteiger partial charge in [0, 0.05) is 0 Å². The number of hydrogen-bond donors (Lipinski definition) is 0. The largest absolute Gasteiger partial charge is 0.266 e. The Balaban J connectivity index is 0. The minimum absolute atomic E-state index is 0.884. The Labute approximate surface area is 82.8 Å². The predicted molar refractivity (Wildman–Crippen MR) is 51.3 cm³/mol. The fourth-order valence-corrected chi connectivity index (χ4v) is 0. The summed E-state index contributed by atoms with van der Waals surface area (Å²) in [6.45, 7) is 6.64. The predicted octanol–water partition coefficient (Wildman–Crippen LogP) is 4.61. The van der Waals surface area contributed by atoms with Gasteiger partial charge in [0.1, 0.15) is 0 Å². The summed E-state index contributed by atoms with van der Waals surface area (Å²) in [4.78, 5) is 0. The zero-order chi connectivity index (χ0) is 8.78. The molecule has 0 saturated heterocycles. The molecule has 0 atom stereocenters. The zero-order valence-electron chi connectivity index (χ0n) is 6.30. The van der Waals surface area contributed by atoms with E-state index in [1.54, 1.807) is 0 Å². The summed E-state index contributed by atoms with van der Waals surface area (Å²) >= 11 is 19.3. The Hall–Kier alpha value is 1.16. The molecule has 0 spiro atoms. The molecule has 0 unspecified atom stereocenters. The van der Waals surface area contributed by atoms with Crippen molar-refractivity contribution in [1.82, 2.24) is 0 Å². The molecule has 0 radical (unpaired) electrons. The Bertz CT molecular complexity index is 58.6. The van der Waals surface area contributed by atoms with Gasteiger partial charge in [0.05, 0.1) is 0 Å². The smallest absolute Gasteiger partial charge is 0.0664 e. The number of rotatable bonds is 1. The number of hydrogen-bond acceptors (Lipinski definition) is 0. The highest BCUT2D eigenvalue weighted by atomic mass is 35.6. The summed E-state index contributed by atoms with van der Waals surface area (Å²) in [5, 5.41) is 0. The minimum atomic E-state index is -1.61. The average Bonchev–Trinajstić information content (AvgIpc) is 1.61. The Kier molecular flexibility index (Phi) is 9.40. The van der Waals surface area contributed by atoms with Gasteiger partial charge in [0.15, 0.2) is 0 Å². The lowest BCUT2D eigenvalue weighted by Crippen LogP contribution is -1.81. The van der Waals surface area contributed by atoms with Crippen LogP contribution in [-0.4, -0.2) is 3.25 Å². The summed E-state index contributed by atoms with van der Waals surface area (Å²) in [7, 11) is 0. The summed E-state index contributed by atoms with van der Waals surface area (Å²) in [6, 6.07) is 0. The van der Waals surface area contributed by atoms with Crippen molar-refractivity contribution in [3.63, 3.8) is 0 Å². The fraction of sp³-hybridized carbons (Fsp3) is 1.00. The van der Waals surface area contributed by atoms with Crippen molar-refractivity contribution in [3.05, 3.63) is 0 Å². The van der Waals surface area contributed by atoms with Gasteiger partial charge in [-0.05, 0) is 5.92 Å². The zero-order valence-corrected chi connectivity index (χ0v) is 9.32. The van der Waals surface area contributed by atoms with Crippen molar-refractivity contribution in [2.24, 2.45) is 5.92 Å². The van der Waals surface area contributed by atoms with E-state index in [1.165, 1.54) is 6.42 Å². The van der Waals surface area contributed by atoms with E-state index in [2.05, 4.69) is 20.8 Å². The van der Waals surface area contributed by atoms with Crippen LogP contribution in [0.4, 0.5) is 0 Å². The molecule has 0 nitrogen and oxygen atoms in total. The first kappa shape index (κ1) is 13.7. The third-order valence-corrected chi connectivity index (χ3v) is 0.816. The maximum absolute atomic E-state index is 4.83. The first-order valence-electron chi connectivity index (χ1n) is 3.03. The van der Waals surface area contributed by atoms with Crippen LogP contribution in [0.2, 0.25) is 0 Å². The normalized spacial score (nSPS) is 10.8. The monoisotopic (exact) mass is 224 g/mol. The molecule has 10 heavy (non-hydrogen) atoms. The van der Waals surface area contributed by atoms with E-state index in [0.717, 1.165) is 5.92 Å². The van der Waals surface area contributed by atoms with E-state index >= 15 is 0 Å². The molecule has 0 aliphatic rings.